The largest absolute Gasteiger partial charge is 0.512 e. The Labute approximate surface area is 141 Å². The minimum Gasteiger partial charge on any atom is -0.512 e. The van der Waals surface area contributed by atoms with E-state index in [4.69, 9.17) is 9.84 Å². The van der Waals surface area contributed by atoms with Crippen molar-refractivity contribution in [1.82, 2.24) is 5.32 Å². The molecule has 18 heavy (non-hydrogen) atoms. The zero-order valence-electron chi connectivity index (χ0n) is 10.4. The molecule has 1 aliphatic rings. The van der Waals surface area contributed by atoms with E-state index in [1.165, 1.54) is 7.11 Å². The van der Waals surface area contributed by atoms with Gasteiger partial charge in [-0.2, -0.15) is 7.05 Å². The minimum absolute atomic E-state index is 0. The van der Waals surface area contributed by atoms with Gasteiger partial charge in [0.05, 0.1) is 31.7 Å². The van der Waals surface area contributed by atoms with E-state index < -0.39 is 5.60 Å². The van der Waals surface area contributed by atoms with Crippen molar-refractivity contribution in [3.8, 4) is 0 Å². The Morgan fingerprint density at radius 1 is 1.44 bits per heavy atom. The molecule has 0 aromatic carbocycles. The van der Waals surface area contributed by atoms with Gasteiger partial charge in [-0.25, -0.2) is 0 Å². The number of methoxy groups -OCH3 is 1. The zero-order chi connectivity index (χ0) is 12.9. The van der Waals surface area contributed by atoms with Crippen molar-refractivity contribution in [2.24, 2.45) is 4.99 Å². The standard InChI is InChI=1S/C11H19N2O4.Ce/c1-12-8-5-11(16,7-15)6-9(10(8)17-2)13-3-4-14;/h13-16H,1,3-7H2,2H3;/q-1;. The molecule has 102 valence electrons. The number of allylic oxidation sites excluding steroid dienone is 1. The summed E-state index contributed by atoms with van der Waals surface area (Å²) in [6, 6.07) is 0. The van der Waals surface area contributed by atoms with Gasteiger partial charge >= 0.3 is 0 Å². The smallest absolute Gasteiger partial charge is 0.0836 e. The summed E-state index contributed by atoms with van der Waals surface area (Å²) in [6.07, 6.45) is 0.423. The van der Waals surface area contributed by atoms with Crippen LogP contribution in [-0.4, -0.2) is 53.5 Å². The summed E-state index contributed by atoms with van der Waals surface area (Å²) in [5.74, 6) is 0.520. The molecular formula is C11H19CeN2O4-. The van der Waals surface area contributed by atoms with Crippen LogP contribution < -0.4 is 5.32 Å². The first kappa shape index (κ1) is 18.1. The first-order valence-electron chi connectivity index (χ1n) is 5.38. The normalized spacial score (nSPS) is 25.9. The maximum atomic E-state index is 10.1. The average Bonchev–Trinajstić information content (AvgIpc) is 2.35. The van der Waals surface area contributed by atoms with E-state index in [0.717, 1.165) is 0 Å². The summed E-state index contributed by atoms with van der Waals surface area (Å²) in [5, 5.41) is 31.1. The quantitative estimate of drug-likeness (QED) is 0.466. The van der Waals surface area contributed by atoms with E-state index in [1.54, 1.807) is 0 Å². The van der Waals surface area contributed by atoms with Crippen LogP contribution >= 0.6 is 0 Å². The number of aliphatic imine (C=N–C) groups is 1. The second-order valence-corrected chi connectivity index (χ2v) is 4.00. The molecule has 4 N–H and O–H groups in total. The summed E-state index contributed by atoms with van der Waals surface area (Å²) >= 11 is 0. The number of aliphatic hydroxyl groups excluding tert-OH is 2. The minimum atomic E-state index is -1.25. The molecule has 0 aliphatic heterocycles. The number of hydrogen-bond acceptors (Lipinski definition) is 6. The summed E-state index contributed by atoms with van der Waals surface area (Å²) < 4.78 is 5.21. The fourth-order valence-electron chi connectivity index (χ4n) is 1.87. The van der Waals surface area contributed by atoms with Crippen molar-refractivity contribution < 1.29 is 61.8 Å². The van der Waals surface area contributed by atoms with Crippen LogP contribution in [0.2, 0.25) is 0 Å². The SMILES string of the molecule is [CH2-]N=C1CC(O)(CO)CC(NCCO)=C1OC.[Ce]. The zero-order valence-corrected chi connectivity index (χ0v) is 13.6. The predicted molar refractivity (Wildman–Crippen MR) is 63.2 cm³/mol. The van der Waals surface area contributed by atoms with Crippen LogP contribution in [-0.2, 0) is 4.74 Å². The van der Waals surface area contributed by atoms with Crippen molar-refractivity contribution in [2.75, 3.05) is 26.9 Å². The van der Waals surface area contributed by atoms with E-state index >= 15 is 0 Å². The van der Waals surface area contributed by atoms with Gasteiger partial charge in [0.25, 0.3) is 0 Å². The molecule has 6 nitrogen and oxygen atoms in total. The van der Waals surface area contributed by atoms with Gasteiger partial charge in [0.1, 0.15) is 0 Å². The third kappa shape index (κ3) is 4.36. The van der Waals surface area contributed by atoms with Crippen LogP contribution in [0.15, 0.2) is 16.4 Å². The fraction of sp³-hybridized carbons (Fsp3) is 0.636. The summed E-state index contributed by atoms with van der Waals surface area (Å²) in [4.78, 5) is 3.81. The van der Waals surface area contributed by atoms with E-state index in [9.17, 15) is 10.2 Å². The Balaban J connectivity index is 0.00000289. The molecule has 0 spiro atoms. The molecule has 0 radical (unpaired) electrons. The first-order chi connectivity index (χ1) is 8.10. The van der Waals surface area contributed by atoms with Crippen LogP contribution in [0.25, 0.3) is 0 Å². The summed E-state index contributed by atoms with van der Waals surface area (Å²) in [5.41, 5.74) is -0.140. The molecule has 0 amide bonds. The molecule has 0 fully saturated rings. The third-order valence-corrected chi connectivity index (χ3v) is 2.68. The van der Waals surface area contributed by atoms with Gasteiger partial charge in [-0.3, -0.25) is 0 Å². The van der Waals surface area contributed by atoms with Crippen LogP contribution in [0.1, 0.15) is 12.8 Å². The van der Waals surface area contributed by atoms with Crippen LogP contribution in [0, 0.1) is 48.8 Å². The van der Waals surface area contributed by atoms with Gasteiger partial charge in [0, 0.05) is 60.4 Å². The maximum Gasteiger partial charge on any atom is 0.0836 e. The van der Waals surface area contributed by atoms with E-state index in [2.05, 4.69) is 17.4 Å². The molecule has 0 bridgehead atoms. The number of nitrogens with one attached hydrogen (secondary N) is 1. The van der Waals surface area contributed by atoms with Crippen molar-refractivity contribution in [2.45, 2.75) is 18.4 Å². The van der Waals surface area contributed by atoms with Crippen LogP contribution in [0.5, 0.6) is 0 Å². The molecule has 1 atom stereocenters. The van der Waals surface area contributed by atoms with Gasteiger partial charge in [-0.05, 0) is 6.42 Å². The Bertz CT molecular complexity index is 333. The van der Waals surface area contributed by atoms with E-state index in [-0.39, 0.29) is 67.8 Å². The molecule has 0 saturated carbocycles. The molecule has 1 rings (SSSR count). The Morgan fingerprint density at radius 3 is 2.56 bits per heavy atom. The molecule has 0 aromatic heterocycles. The summed E-state index contributed by atoms with van der Waals surface area (Å²) in [7, 11) is 4.93. The fourth-order valence-corrected chi connectivity index (χ4v) is 1.87. The van der Waals surface area contributed by atoms with Crippen molar-refractivity contribution in [3.63, 3.8) is 0 Å². The molecule has 1 unspecified atom stereocenters. The second-order valence-electron chi connectivity index (χ2n) is 4.00. The monoisotopic (exact) mass is 383 g/mol. The third-order valence-electron chi connectivity index (χ3n) is 2.68. The maximum absolute atomic E-state index is 10.1. The number of ether oxygens (including phenoxy) is 1. The van der Waals surface area contributed by atoms with E-state index in [0.29, 0.717) is 23.7 Å². The Morgan fingerprint density at radius 2 is 2.11 bits per heavy atom. The van der Waals surface area contributed by atoms with Gasteiger partial charge < -0.3 is 30.4 Å². The predicted octanol–water partition coefficient (Wildman–Crippen LogP) is -0.824. The van der Waals surface area contributed by atoms with Gasteiger partial charge in [-0.15, -0.1) is 0 Å². The molecule has 1 aliphatic carbocycles. The Kier molecular flexibility index (Phi) is 8.40. The first-order valence-corrected chi connectivity index (χ1v) is 5.38. The molecule has 0 aromatic rings. The average molecular weight is 383 g/mol. The van der Waals surface area contributed by atoms with Crippen molar-refractivity contribution in [3.05, 3.63) is 18.5 Å². The molecular weight excluding hydrogens is 364 g/mol. The van der Waals surface area contributed by atoms with Gasteiger partial charge in [0.15, 0.2) is 0 Å². The Hall–Kier alpha value is 0.137. The number of hydrogen-bond donors (Lipinski definition) is 4. The molecule has 7 heteroatoms. The van der Waals surface area contributed by atoms with Crippen molar-refractivity contribution >= 4 is 5.71 Å². The number of rotatable bonds is 5. The van der Waals surface area contributed by atoms with Gasteiger partial charge in [0.2, 0.25) is 0 Å². The molecule has 0 saturated heterocycles. The topological polar surface area (TPSA) is 94.3 Å². The summed E-state index contributed by atoms with van der Waals surface area (Å²) in [6.45, 7) is -0.0592. The van der Waals surface area contributed by atoms with Crippen molar-refractivity contribution in [1.29, 1.82) is 0 Å². The van der Waals surface area contributed by atoms with Gasteiger partial charge in [-0.1, -0.05) is 5.71 Å². The molecule has 0 heterocycles. The van der Waals surface area contributed by atoms with Crippen LogP contribution in [0.3, 0.4) is 0 Å². The van der Waals surface area contributed by atoms with E-state index in [1.807, 2.05) is 0 Å². The van der Waals surface area contributed by atoms with Crippen LogP contribution in [0.4, 0.5) is 0 Å². The number of aliphatic hydroxyl groups is 3. The second kappa shape index (κ2) is 8.34. The number of nitrogens with zero attached hydrogens (tertiary/aromatic N) is 1.